The summed E-state index contributed by atoms with van der Waals surface area (Å²) in [6, 6.07) is 16.5. The van der Waals surface area contributed by atoms with Crippen LogP contribution in [0, 0.1) is 0 Å². The van der Waals surface area contributed by atoms with Crippen molar-refractivity contribution in [2.24, 2.45) is 0 Å². The molecule has 3 aromatic rings. The van der Waals surface area contributed by atoms with Crippen LogP contribution in [0.3, 0.4) is 0 Å². The summed E-state index contributed by atoms with van der Waals surface area (Å²) in [5, 5.41) is 8.79. The highest BCUT2D eigenvalue weighted by molar-refractivity contribution is 7.89. The molecule has 0 bridgehead atoms. The first-order chi connectivity index (χ1) is 18.5. The Morgan fingerprint density at radius 2 is 1.56 bits per heavy atom. The minimum atomic E-state index is -4.42. The molecule has 1 spiro atoms. The summed E-state index contributed by atoms with van der Waals surface area (Å²) in [4.78, 5) is 10.8. The van der Waals surface area contributed by atoms with Gasteiger partial charge in [0.1, 0.15) is 5.75 Å². The van der Waals surface area contributed by atoms with Crippen molar-refractivity contribution >= 4 is 16.0 Å². The van der Waals surface area contributed by atoms with E-state index in [1.165, 1.54) is 40.7 Å². The van der Waals surface area contributed by atoms with E-state index in [1.807, 2.05) is 18.2 Å². The number of carbonyl (C=O) groups is 1. The van der Waals surface area contributed by atoms with Crippen LogP contribution in [0.5, 0.6) is 5.75 Å². The predicted molar refractivity (Wildman–Crippen MR) is 139 cm³/mol. The van der Waals surface area contributed by atoms with Crippen LogP contribution in [0.2, 0.25) is 0 Å². The van der Waals surface area contributed by atoms with Crippen molar-refractivity contribution in [2.75, 3.05) is 13.2 Å². The second kappa shape index (κ2) is 10.3. The van der Waals surface area contributed by atoms with E-state index in [0.29, 0.717) is 12.1 Å². The topological polar surface area (TPSA) is 83.9 Å². The van der Waals surface area contributed by atoms with Gasteiger partial charge in [-0.3, -0.25) is 0 Å². The summed E-state index contributed by atoms with van der Waals surface area (Å²) in [6.45, 7) is -0.0385. The van der Waals surface area contributed by atoms with Gasteiger partial charge in [0.15, 0.2) is 6.61 Å². The molecule has 1 aliphatic carbocycles. The van der Waals surface area contributed by atoms with Gasteiger partial charge in [-0.1, -0.05) is 43.5 Å². The maximum absolute atomic E-state index is 13.8. The quantitative estimate of drug-likeness (QED) is 0.387. The molecule has 10 heteroatoms. The summed E-state index contributed by atoms with van der Waals surface area (Å²) in [7, 11) is -3.89. The van der Waals surface area contributed by atoms with Crippen LogP contribution < -0.4 is 4.74 Å². The minimum Gasteiger partial charge on any atom is -0.482 e. The van der Waals surface area contributed by atoms with Crippen LogP contribution in [0.4, 0.5) is 13.2 Å². The molecule has 39 heavy (non-hydrogen) atoms. The first-order valence-corrected chi connectivity index (χ1v) is 14.2. The molecule has 1 N–H and O–H groups in total. The highest BCUT2D eigenvalue weighted by Gasteiger charge is 2.44. The summed E-state index contributed by atoms with van der Waals surface area (Å²) >= 11 is 0. The highest BCUT2D eigenvalue weighted by atomic mass is 32.2. The maximum Gasteiger partial charge on any atom is 0.416 e. The Morgan fingerprint density at radius 3 is 2.18 bits per heavy atom. The average molecular weight is 560 g/mol. The van der Waals surface area contributed by atoms with E-state index in [0.717, 1.165) is 60.9 Å². The maximum atomic E-state index is 13.8. The number of benzene rings is 3. The van der Waals surface area contributed by atoms with Gasteiger partial charge < -0.3 is 9.84 Å². The molecule has 6 nitrogen and oxygen atoms in total. The standard InChI is InChI=1S/C29H28F3NO5S/c30-29(31,32)23-7-4-20(5-8-23)21-6-13-26-22(16-21)17-33(19-28(26)14-2-1-3-15-28)39(36,37)25-11-9-24(10-12-25)38-18-27(34)35/h4-13,16H,1-3,14-15,17-19H2,(H,34,35). The summed E-state index contributed by atoms with van der Waals surface area (Å²) < 4.78 is 73.3. The number of sulfonamides is 1. The zero-order valence-electron chi connectivity index (χ0n) is 21.1. The van der Waals surface area contributed by atoms with Crippen molar-refractivity contribution in [3.63, 3.8) is 0 Å². The lowest BCUT2D eigenvalue weighted by molar-refractivity contribution is -0.139. The minimum absolute atomic E-state index is 0.0819. The van der Waals surface area contributed by atoms with E-state index < -0.39 is 34.3 Å². The normalized spacial score (nSPS) is 17.5. The zero-order chi connectivity index (χ0) is 27.8. The monoisotopic (exact) mass is 559 g/mol. The first kappa shape index (κ1) is 27.2. The molecule has 1 fully saturated rings. The number of fused-ring (bicyclic) bond motifs is 2. The third-order valence-corrected chi connectivity index (χ3v) is 9.49. The van der Waals surface area contributed by atoms with Gasteiger partial charge in [0.2, 0.25) is 10.0 Å². The van der Waals surface area contributed by atoms with Gasteiger partial charge in [-0.05, 0) is 77.6 Å². The highest BCUT2D eigenvalue weighted by Crippen LogP contribution is 2.46. The Labute approximate surface area is 225 Å². The van der Waals surface area contributed by atoms with Crippen molar-refractivity contribution in [3.8, 4) is 16.9 Å². The molecule has 1 heterocycles. The lowest BCUT2D eigenvalue weighted by Crippen LogP contribution is -2.48. The van der Waals surface area contributed by atoms with E-state index in [4.69, 9.17) is 9.84 Å². The molecule has 0 aromatic heterocycles. The van der Waals surface area contributed by atoms with Crippen molar-refractivity contribution < 1.29 is 36.2 Å². The molecular formula is C29H28F3NO5S. The molecule has 0 atom stereocenters. The fraction of sp³-hybridized carbons (Fsp3) is 0.345. The average Bonchev–Trinajstić information content (AvgIpc) is 2.92. The second-order valence-electron chi connectivity index (χ2n) is 10.2. The number of rotatable bonds is 6. The van der Waals surface area contributed by atoms with Gasteiger partial charge in [-0.25, -0.2) is 13.2 Å². The number of carboxylic acids is 1. The van der Waals surface area contributed by atoms with Crippen LogP contribution in [0.15, 0.2) is 71.6 Å². The molecule has 3 aromatic carbocycles. The van der Waals surface area contributed by atoms with Crippen LogP contribution in [-0.2, 0) is 33.0 Å². The largest absolute Gasteiger partial charge is 0.482 e. The lowest BCUT2D eigenvalue weighted by atomic mass is 9.66. The Kier molecular flexibility index (Phi) is 7.19. The SMILES string of the molecule is O=C(O)COc1ccc(S(=O)(=O)N2Cc3cc(-c4ccc(C(F)(F)F)cc4)ccc3C3(CCCCC3)C2)cc1. The van der Waals surface area contributed by atoms with Gasteiger partial charge in [0.25, 0.3) is 0 Å². The van der Waals surface area contributed by atoms with Crippen LogP contribution >= 0.6 is 0 Å². The van der Waals surface area contributed by atoms with Crippen molar-refractivity contribution in [1.82, 2.24) is 4.31 Å². The molecule has 1 aliphatic heterocycles. The molecule has 0 amide bonds. The van der Waals surface area contributed by atoms with Gasteiger partial charge in [-0.15, -0.1) is 0 Å². The van der Waals surface area contributed by atoms with Gasteiger partial charge in [0.05, 0.1) is 10.5 Å². The summed E-state index contributed by atoms with van der Waals surface area (Å²) in [5.74, 6) is -0.877. The molecule has 2 aliphatic rings. The summed E-state index contributed by atoms with van der Waals surface area (Å²) in [5.41, 5.74) is 2.27. The third kappa shape index (κ3) is 5.53. The Balaban J connectivity index is 1.48. The first-order valence-electron chi connectivity index (χ1n) is 12.7. The number of halogens is 3. The number of hydrogen-bond acceptors (Lipinski definition) is 4. The molecule has 206 valence electrons. The van der Waals surface area contributed by atoms with Gasteiger partial charge >= 0.3 is 12.1 Å². The third-order valence-electron chi connectivity index (χ3n) is 7.68. The van der Waals surface area contributed by atoms with Crippen LogP contribution in [0.25, 0.3) is 11.1 Å². The molecule has 0 unspecified atom stereocenters. The van der Waals surface area contributed by atoms with Gasteiger partial charge in [-0.2, -0.15) is 17.5 Å². The van der Waals surface area contributed by atoms with Crippen LogP contribution in [-0.4, -0.2) is 37.0 Å². The van der Waals surface area contributed by atoms with Crippen molar-refractivity contribution in [1.29, 1.82) is 0 Å². The van der Waals surface area contributed by atoms with E-state index in [-0.39, 0.29) is 22.6 Å². The number of alkyl halides is 3. The fourth-order valence-electron chi connectivity index (χ4n) is 5.77. The molecule has 0 saturated heterocycles. The second-order valence-corrected chi connectivity index (χ2v) is 12.2. The van der Waals surface area contributed by atoms with E-state index in [9.17, 15) is 26.4 Å². The Morgan fingerprint density at radius 1 is 0.923 bits per heavy atom. The molecule has 5 rings (SSSR count). The Hall–Kier alpha value is -3.37. The number of aliphatic carboxylic acids is 1. The van der Waals surface area contributed by atoms with Crippen molar-refractivity contribution in [2.45, 2.75) is 55.1 Å². The number of carboxylic acid groups (broad SMARTS) is 1. The van der Waals surface area contributed by atoms with E-state index in [2.05, 4.69) is 0 Å². The summed E-state index contributed by atoms with van der Waals surface area (Å²) in [6.07, 6.45) is 0.358. The van der Waals surface area contributed by atoms with Gasteiger partial charge in [0, 0.05) is 18.5 Å². The van der Waals surface area contributed by atoms with Crippen LogP contribution in [0.1, 0.15) is 48.8 Å². The zero-order valence-corrected chi connectivity index (χ0v) is 21.9. The fourth-order valence-corrected chi connectivity index (χ4v) is 7.27. The lowest BCUT2D eigenvalue weighted by Gasteiger charge is -2.46. The molecule has 1 saturated carbocycles. The number of hydrogen-bond donors (Lipinski definition) is 1. The molecular weight excluding hydrogens is 531 g/mol. The smallest absolute Gasteiger partial charge is 0.416 e. The van der Waals surface area contributed by atoms with E-state index in [1.54, 1.807) is 0 Å². The Bertz CT molecular complexity index is 1460. The molecule has 0 radical (unpaired) electrons. The number of ether oxygens (including phenoxy) is 1. The van der Waals surface area contributed by atoms with E-state index >= 15 is 0 Å². The predicted octanol–water partition coefficient (Wildman–Crippen LogP) is 6.24. The number of nitrogens with zero attached hydrogens (tertiary/aromatic N) is 1. The van der Waals surface area contributed by atoms with Crippen molar-refractivity contribution in [3.05, 3.63) is 83.4 Å².